The van der Waals surface area contributed by atoms with Gasteiger partial charge in [-0.1, -0.05) is 19.8 Å². The highest BCUT2D eigenvalue weighted by Gasteiger charge is 2.27. The third-order valence-electron chi connectivity index (χ3n) is 3.85. The first-order valence-corrected chi connectivity index (χ1v) is 6.18. The van der Waals surface area contributed by atoms with Crippen LogP contribution in [0.1, 0.15) is 45.4 Å². The van der Waals surface area contributed by atoms with Gasteiger partial charge >= 0.3 is 0 Å². The number of likely N-dealkylation sites (tertiary alicyclic amines) is 1. The molecule has 1 N–H and O–H groups in total. The molecule has 1 saturated heterocycles. The van der Waals surface area contributed by atoms with Gasteiger partial charge in [-0.2, -0.15) is 0 Å². The molecule has 2 fully saturated rings. The molecular weight excluding hydrogens is 174 g/mol. The van der Waals surface area contributed by atoms with Crippen LogP contribution >= 0.6 is 0 Å². The molecule has 1 saturated carbocycles. The molecule has 0 spiro atoms. The first kappa shape index (κ1) is 10.4. The van der Waals surface area contributed by atoms with Gasteiger partial charge in [-0.25, -0.2) is 0 Å². The van der Waals surface area contributed by atoms with E-state index >= 15 is 0 Å². The minimum absolute atomic E-state index is 0.0546. The van der Waals surface area contributed by atoms with Gasteiger partial charge in [-0.05, 0) is 38.1 Å². The fraction of sp³-hybridized carbons (Fsp3) is 1.00. The molecule has 1 aliphatic carbocycles. The van der Waals surface area contributed by atoms with Crippen LogP contribution in [0.25, 0.3) is 0 Å². The summed E-state index contributed by atoms with van der Waals surface area (Å²) in [6.07, 6.45) is 7.65. The van der Waals surface area contributed by atoms with E-state index in [9.17, 15) is 5.11 Å². The smallest absolute Gasteiger partial charge is 0.0667 e. The maximum Gasteiger partial charge on any atom is 0.0667 e. The molecule has 2 nitrogen and oxygen atoms in total. The summed E-state index contributed by atoms with van der Waals surface area (Å²) in [7, 11) is 0. The van der Waals surface area contributed by atoms with Crippen LogP contribution in [0.3, 0.4) is 0 Å². The van der Waals surface area contributed by atoms with Crippen LogP contribution in [0.2, 0.25) is 0 Å². The average molecular weight is 197 g/mol. The first-order chi connectivity index (χ1) is 6.75. The maximum absolute atomic E-state index is 9.63. The maximum atomic E-state index is 9.63. The highest BCUT2D eigenvalue weighted by Crippen LogP contribution is 2.28. The SMILES string of the molecule is C[C@@H]1CCC[C@H](N2CCC[C@H](O)C2)C1. The van der Waals surface area contributed by atoms with Crippen LogP contribution in [0.5, 0.6) is 0 Å². The van der Waals surface area contributed by atoms with E-state index in [1.165, 1.54) is 38.6 Å². The fourth-order valence-corrected chi connectivity index (χ4v) is 3.05. The van der Waals surface area contributed by atoms with E-state index in [1.807, 2.05) is 0 Å². The van der Waals surface area contributed by atoms with E-state index in [0.29, 0.717) is 0 Å². The number of piperidine rings is 1. The topological polar surface area (TPSA) is 23.5 Å². The summed E-state index contributed by atoms with van der Waals surface area (Å²) in [6, 6.07) is 0.772. The normalized spacial score (nSPS) is 41.1. The Bertz CT molecular complexity index is 163. The summed E-state index contributed by atoms with van der Waals surface area (Å²) in [5.74, 6) is 0.896. The third-order valence-corrected chi connectivity index (χ3v) is 3.85. The van der Waals surface area contributed by atoms with Crippen molar-refractivity contribution in [1.29, 1.82) is 0 Å². The van der Waals surface area contributed by atoms with Crippen molar-refractivity contribution in [3.05, 3.63) is 0 Å². The van der Waals surface area contributed by atoms with E-state index in [1.54, 1.807) is 0 Å². The van der Waals surface area contributed by atoms with Crippen molar-refractivity contribution in [2.45, 2.75) is 57.6 Å². The van der Waals surface area contributed by atoms with Gasteiger partial charge < -0.3 is 5.11 Å². The molecule has 0 bridgehead atoms. The Morgan fingerprint density at radius 2 is 2.00 bits per heavy atom. The molecule has 2 aliphatic rings. The Balaban J connectivity index is 1.86. The second-order valence-electron chi connectivity index (χ2n) is 5.22. The summed E-state index contributed by atoms with van der Waals surface area (Å²) >= 11 is 0. The van der Waals surface area contributed by atoms with Gasteiger partial charge in [0.05, 0.1) is 6.10 Å². The molecule has 1 aliphatic heterocycles. The predicted octanol–water partition coefficient (Wildman–Crippen LogP) is 2.02. The molecule has 14 heavy (non-hydrogen) atoms. The largest absolute Gasteiger partial charge is 0.392 e. The fourth-order valence-electron chi connectivity index (χ4n) is 3.05. The van der Waals surface area contributed by atoms with E-state index in [2.05, 4.69) is 11.8 Å². The molecule has 3 atom stereocenters. The van der Waals surface area contributed by atoms with Crippen molar-refractivity contribution >= 4 is 0 Å². The Hall–Kier alpha value is -0.0800. The molecule has 0 amide bonds. The number of aliphatic hydroxyl groups excluding tert-OH is 1. The molecule has 1 heterocycles. The average Bonchev–Trinajstić information content (AvgIpc) is 2.18. The molecule has 0 aromatic heterocycles. The summed E-state index contributed by atoms with van der Waals surface area (Å²) in [5, 5.41) is 9.63. The van der Waals surface area contributed by atoms with E-state index in [0.717, 1.165) is 24.9 Å². The van der Waals surface area contributed by atoms with E-state index in [-0.39, 0.29) is 6.10 Å². The Morgan fingerprint density at radius 1 is 1.14 bits per heavy atom. The van der Waals surface area contributed by atoms with Crippen LogP contribution < -0.4 is 0 Å². The lowest BCUT2D eigenvalue weighted by Gasteiger charge is -2.40. The van der Waals surface area contributed by atoms with Crippen LogP contribution in [-0.4, -0.2) is 35.2 Å². The van der Waals surface area contributed by atoms with Crippen LogP contribution in [0.4, 0.5) is 0 Å². The van der Waals surface area contributed by atoms with Crippen molar-refractivity contribution in [2.75, 3.05) is 13.1 Å². The predicted molar refractivity (Wildman–Crippen MR) is 58.2 cm³/mol. The minimum Gasteiger partial charge on any atom is -0.392 e. The van der Waals surface area contributed by atoms with Crippen molar-refractivity contribution in [3.8, 4) is 0 Å². The van der Waals surface area contributed by atoms with E-state index < -0.39 is 0 Å². The molecule has 0 aromatic rings. The number of rotatable bonds is 1. The molecule has 2 heteroatoms. The zero-order valence-corrected chi connectivity index (χ0v) is 9.28. The molecule has 0 aromatic carbocycles. The highest BCUT2D eigenvalue weighted by molar-refractivity contribution is 4.82. The molecule has 2 rings (SSSR count). The van der Waals surface area contributed by atoms with Crippen molar-refractivity contribution in [3.63, 3.8) is 0 Å². The first-order valence-electron chi connectivity index (χ1n) is 6.18. The zero-order chi connectivity index (χ0) is 9.97. The van der Waals surface area contributed by atoms with Gasteiger partial charge in [0.2, 0.25) is 0 Å². The monoisotopic (exact) mass is 197 g/mol. The van der Waals surface area contributed by atoms with Crippen molar-refractivity contribution < 1.29 is 5.11 Å². The van der Waals surface area contributed by atoms with Gasteiger partial charge in [0.25, 0.3) is 0 Å². The summed E-state index contributed by atoms with van der Waals surface area (Å²) in [6.45, 7) is 4.51. The zero-order valence-electron chi connectivity index (χ0n) is 9.28. The van der Waals surface area contributed by atoms with Crippen molar-refractivity contribution in [2.24, 2.45) is 5.92 Å². The highest BCUT2D eigenvalue weighted by atomic mass is 16.3. The number of nitrogens with zero attached hydrogens (tertiary/aromatic N) is 1. The van der Waals surface area contributed by atoms with Gasteiger partial charge in [0, 0.05) is 12.6 Å². The molecule has 0 unspecified atom stereocenters. The quantitative estimate of drug-likeness (QED) is 0.695. The Morgan fingerprint density at radius 3 is 2.71 bits per heavy atom. The van der Waals surface area contributed by atoms with Crippen molar-refractivity contribution in [1.82, 2.24) is 4.90 Å². The number of hydrogen-bond acceptors (Lipinski definition) is 2. The molecular formula is C12H23NO. The van der Waals surface area contributed by atoms with Crippen LogP contribution in [0.15, 0.2) is 0 Å². The van der Waals surface area contributed by atoms with Gasteiger partial charge in [-0.3, -0.25) is 4.90 Å². The minimum atomic E-state index is -0.0546. The lowest BCUT2D eigenvalue weighted by Crippen LogP contribution is -2.46. The number of β-amino-alcohol motifs (C(OH)–C–C–N with tert-alkyl or cyclic N) is 1. The number of aliphatic hydroxyl groups is 1. The Labute approximate surface area is 87.3 Å². The second-order valence-corrected chi connectivity index (χ2v) is 5.22. The van der Waals surface area contributed by atoms with Gasteiger partial charge in [0.1, 0.15) is 0 Å². The van der Waals surface area contributed by atoms with Crippen LogP contribution in [-0.2, 0) is 0 Å². The van der Waals surface area contributed by atoms with Gasteiger partial charge in [0.15, 0.2) is 0 Å². The van der Waals surface area contributed by atoms with E-state index in [4.69, 9.17) is 0 Å². The van der Waals surface area contributed by atoms with Crippen LogP contribution in [0, 0.1) is 5.92 Å². The second kappa shape index (κ2) is 4.63. The summed E-state index contributed by atoms with van der Waals surface area (Å²) in [4.78, 5) is 2.53. The summed E-state index contributed by atoms with van der Waals surface area (Å²) < 4.78 is 0. The lowest BCUT2D eigenvalue weighted by atomic mass is 9.85. The lowest BCUT2D eigenvalue weighted by molar-refractivity contribution is 0.0300. The Kier molecular flexibility index (Phi) is 3.45. The third kappa shape index (κ3) is 2.48. The number of hydrogen-bond donors (Lipinski definition) is 1. The standard InChI is InChI=1S/C12H23NO/c1-10-4-2-5-11(8-10)13-7-3-6-12(14)9-13/h10-12,14H,2-9H2,1H3/t10-,11+,12+/m1/s1. The molecule has 0 radical (unpaired) electrons. The van der Waals surface area contributed by atoms with Gasteiger partial charge in [-0.15, -0.1) is 0 Å². The summed E-state index contributed by atoms with van der Waals surface area (Å²) in [5.41, 5.74) is 0. The molecule has 82 valence electrons.